The van der Waals surface area contributed by atoms with E-state index in [1.54, 1.807) is 31.2 Å². The van der Waals surface area contributed by atoms with Crippen molar-refractivity contribution in [2.75, 3.05) is 11.1 Å². The molecule has 3 rings (SSSR count). The van der Waals surface area contributed by atoms with Gasteiger partial charge in [-0.2, -0.15) is 13.2 Å². The minimum Gasteiger partial charge on any atom is -0.358 e. The molecule has 3 nitrogen and oxygen atoms in total. The van der Waals surface area contributed by atoms with Crippen LogP contribution in [0, 0.1) is 12.7 Å². The lowest BCUT2D eigenvalue weighted by molar-refractivity contribution is -0.115. The number of halogens is 4. The lowest BCUT2D eigenvalue weighted by Gasteiger charge is -2.12. The summed E-state index contributed by atoms with van der Waals surface area (Å²) in [5, 5.41) is 3.27. The summed E-state index contributed by atoms with van der Waals surface area (Å²) in [5.74, 6) is -1.83. The Balaban J connectivity index is 1.77. The van der Waals surface area contributed by atoms with Crippen LogP contribution in [-0.2, 0) is 11.2 Å². The summed E-state index contributed by atoms with van der Waals surface area (Å²) in [5.41, 5.74) is 2.44. The maximum absolute atomic E-state index is 13.5. The van der Waals surface area contributed by atoms with Gasteiger partial charge < -0.3 is 10.3 Å². The van der Waals surface area contributed by atoms with E-state index in [1.807, 2.05) is 0 Å². The van der Waals surface area contributed by atoms with Gasteiger partial charge in [0, 0.05) is 21.5 Å². The maximum Gasteiger partial charge on any atom is 0.398 e. The van der Waals surface area contributed by atoms with E-state index >= 15 is 0 Å². The number of aromatic nitrogens is 1. The predicted octanol–water partition coefficient (Wildman–Crippen LogP) is 5.45. The molecule has 2 aromatic carbocycles. The van der Waals surface area contributed by atoms with Gasteiger partial charge in [-0.1, -0.05) is 12.1 Å². The van der Waals surface area contributed by atoms with E-state index in [9.17, 15) is 22.4 Å². The van der Waals surface area contributed by atoms with Crippen molar-refractivity contribution in [2.45, 2.75) is 24.4 Å². The minimum absolute atomic E-state index is 0.0203. The zero-order valence-corrected chi connectivity index (χ0v) is 15.1. The second-order valence-corrected chi connectivity index (χ2v) is 7.06. The molecule has 2 N–H and O–H groups in total. The van der Waals surface area contributed by atoms with Gasteiger partial charge in [0.05, 0.1) is 17.9 Å². The third-order valence-electron chi connectivity index (χ3n) is 3.97. The van der Waals surface area contributed by atoms with E-state index in [0.29, 0.717) is 33.3 Å². The molecule has 142 valence electrons. The van der Waals surface area contributed by atoms with Crippen LogP contribution >= 0.6 is 11.8 Å². The fourth-order valence-electron chi connectivity index (χ4n) is 2.79. The van der Waals surface area contributed by atoms with Crippen molar-refractivity contribution in [1.29, 1.82) is 0 Å². The van der Waals surface area contributed by atoms with E-state index in [-0.39, 0.29) is 12.3 Å². The molecule has 1 aromatic heterocycles. The molecule has 0 saturated carbocycles. The summed E-state index contributed by atoms with van der Waals surface area (Å²) in [4.78, 5) is 15.9. The molecule has 0 aliphatic heterocycles. The van der Waals surface area contributed by atoms with Gasteiger partial charge in [0.2, 0.25) is 5.91 Å². The molecule has 0 atom stereocenters. The average molecular weight is 396 g/mol. The standard InChI is InChI=1S/C19H16F4N2OS/c1-11-13(14-8-12(20)6-7-15(14)24-11)9-18(26)25-16-4-2-3-5-17(16)27-10-19(21,22)23/h2-8,24H,9-10H2,1H3,(H,25,26). The van der Waals surface area contributed by atoms with Crippen LogP contribution in [0.4, 0.5) is 23.2 Å². The number of H-pyrrole nitrogens is 1. The summed E-state index contributed by atoms with van der Waals surface area (Å²) in [6, 6.07) is 10.6. The molecule has 0 aliphatic carbocycles. The van der Waals surface area contributed by atoms with Gasteiger partial charge in [0.1, 0.15) is 5.82 Å². The van der Waals surface area contributed by atoms with Gasteiger partial charge in [-0.05, 0) is 42.8 Å². The normalized spacial score (nSPS) is 11.7. The summed E-state index contributed by atoms with van der Waals surface area (Å²) in [6.07, 6.45) is -4.32. The van der Waals surface area contributed by atoms with Crippen molar-refractivity contribution in [3.63, 3.8) is 0 Å². The first-order valence-corrected chi connectivity index (χ1v) is 9.06. The molecule has 1 heterocycles. The Kier molecular flexibility index (Phi) is 5.46. The molecule has 1 amide bonds. The Morgan fingerprint density at radius 3 is 2.67 bits per heavy atom. The van der Waals surface area contributed by atoms with Crippen LogP contribution in [0.3, 0.4) is 0 Å². The van der Waals surface area contributed by atoms with Crippen LogP contribution in [0.15, 0.2) is 47.4 Å². The van der Waals surface area contributed by atoms with Crippen LogP contribution in [-0.4, -0.2) is 22.8 Å². The summed E-state index contributed by atoms with van der Waals surface area (Å²) >= 11 is 0.616. The number of aromatic amines is 1. The van der Waals surface area contributed by atoms with Crippen molar-refractivity contribution in [2.24, 2.45) is 0 Å². The lowest BCUT2D eigenvalue weighted by atomic mass is 10.1. The molecule has 0 saturated heterocycles. The molecule has 3 aromatic rings. The maximum atomic E-state index is 13.5. The lowest BCUT2D eigenvalue weighted by Crippen LogP contribution is -2.16. The zero-order chi connectivity index (χ0) is 19.6. The highest BCUT2D eigenvalue weighted by molar-refractivity contribution is 7.99. The Morgan fingerprint density at radius 2 is 1.93 bits per heavy atom. The third-order valence-corrected chi connectivity index (χ3v) is 5.11. The molecule has 0 aliphatic rings. The van der Waals surface area contributed by atoms with Crippen LogP contribution < -0.4 is 5.32 Å². The SMILES string of the molecule is Cc1[nH]c2ccc(F)cc2c1CC(=O)Nc1ccccc1SCC(F)(F)F. The van der Waals surface area contributed by atoms with E-state index in [1.165, 1.54) is 18.2 Å². The summed E-state index contributed by atoms with van der Waals surface area (Å²) < 4.78 is 50.9. The second-order valence-electron chi connectivity index (χ2n) is 6.04. The molecule has 8 heteroatoms. The van der Waals surface area contributed by atoms with E-state index in [0.717, 1.165) is 11.2 Å². The van der Waals surface area contributed by atoms with E-state index < -0.39 is 17.7 Å². The molecule has 0 radical (unpaired) electrons. The Bertz CT molecular complexity index is 981. The molecule has 27 heavy (non-hydrogen) atoms. The van der Waals surface area contributed by atoms with Crippen molar-refractivity contribution in [3.05, 3.63) is 59.5 Å². The number of amides is 1. The van der Waals surface area contributed by atoms with E-state index in [4.69, 9.17) is 0 Å². The zero-order valence-electron chi connectivity index (χ0n) is 14.3. The van der Waals surface area contributed by atoms with Crippen LogP contribution in [0.5, 0.6) is 0 Å². The number of carbonyl (C=O) groups excluding carboxylic acids is 1. The Hall–Kier alpha value is -2.48. The van der Waals surface area contributed by atoms with Gasteiger partial charge in [0.15, 0.2) is 0 Å². The van der Waals surface area contributed by atoms with Gasteiger partial charge in [-0.25, -0.2) is 4.39 Å². The largest absolute Gasteiger partial charge is 0.398 e. The van der Waals surface area contributed by atoms with Gasteiger partial charge in [0.25, 0.3) is 0 Å². The third kappa shape index (κ3) is 4.82. The number of carbonyl (C=O) groups is 1. The second kappa shape index (κ2) is 7.64. The molecule has 0 fully saturated rings. The number of hydrogen-bond donors (Lipinski definition) is 2. The number of benzene rings is 2. The Labute approximate surface area is 157 Å². The number of rotatable bonds is 5. The number of aryl methyl sites for hydroxylation is 1. The van der Waals surface area contributed by atoms with Gasteiger partial charge >= 0.3 is 6.18 Å². The summed E-state index contributed by atoms with van der Waals surface area (Å²) in [6.45, 7) is 1.79. The molecule has 0 bridgehead atoms. The predicted molar refractivity (Wildman–Crippen MR) is 98.5 cm³/mol. The van der Waals surface area contributed by atoms with Crippen LogP contribution in [0.2, 0.25) is 0 Å². The molecule has 0 spiro atoms. The molecular weight excluding hydrogens is 380 g/mol. The highest BCUT2D eigenvalue weighted by Gasteiger charge is 2.27. The fraction of sp³-hybridized carbons (Fsp3) is 0.211. The smallest absolute Gasteiger partial charge is 0.358 e. The van der Waals surface area contributed by atoms with Crippen molar-refractivity contribution < 1.29 is 22.4 Å². The topological polar surface area (TPSA) is 44.9 Å². The van der Waals surface area contributed by atoms with Gasteiger partial charge in [-0.15, -0.1) is 11.8 Å². The number of nitrogens with one attached hydrogen (secondary N) is 2. The number of thioether (sulfide) groups is 1. The first kappa shape index (κ1) is 19.3. The molecule has 0 unspecified atom stereocenters. The summed E-state index contributed by atoms with van der Waals surface area (Å²) in [7, 11) is 0. The van der Waals surface area contributed by atoms with Crippen LogP contribution in [0.25, 0.3) is 10.9 Å². The monoisotopic (exact) mass is 396 g/mol. The fourth-order valence-corrected chi connectivity index (χ4v) is 3.56. The highest BCUT2D eigenvalue weighted by Crippen LogP contribution is 2.32. The Morgan fingerprint density at radius 1 is 1.19 bits per heavy atom. The first-order valence-electron chi connectivity index (χ1n) is 8.08. The number of alkyl halides is 3. The van der Waals surface area contributed by atoms with Crippen molar-refractivity contribution >= 4 is 34.3 Å². The first-order chi connectivity index (χ1) is 12.7. The average Bonchev–Trinajstić information content (AvgIpc) is 2.88. The van der Waals surface area contributed by atoms with Crippen molar-refractivity contribution in [3.8, 4) is 0 Å². The van der Waals surface area contributed by atoms with E-state index in [2.05, 4.69) is 10.3 Å². The van der Waals surface area contributed by atoms with Crippen molar-refractivity contribution in [1.82, 2.24) is 4.98 Å². The minimum atomic E-state index is -4.30. The number of fused-ring (bicyclic) bond motifs is 1. The highest BCUT2D eigenvalue weighted by atomic mass is 32.2. The number of anilines is 1. The van der Waals surface area contributed by atoms with Crippen LogP contribution in [0.1, 0.15) is 11.3 Å². The number of hydrogen-bond acceptors (Lipinski definition) is 2. The molecular formula is C19H16F4N2OS. The van der Waals surface area contributed by atoms with Gasteiger partial charge in [-0.3, -0.25) is 4.79 Å². The quantitative estimate of drug-likeness (QED) is 0.445. The number of para-hydroxylation sites is 1.